The number of pyridine rings is 1. The first-order valence-electron chi connectivity index (χ1n) is 10.0. The molecular formula is C22H16F4N6O2S. The summed E-state index contributed by atoms with van der Waals surface area (Å²) in [5.74, 6) is -0.418. The number of nitrogens with one attached hydrogen (secondary N) is 1. The van der Waals surface area contributed by atoms with E-state index < -0.39 is 33.0 Å². The molecule has 1 atom stereocenters. The van der Waals surface area contributed by atoms with Gasteiger partial charge in [0.15, 0.2) is 0 Å². The van der Waals surface area contributed by atoms with Gasteiger partial charge in [-0.05, 0) is 49.7 Å². The fraction of sp³-hybridized carbons (Fsp3) is 0.182. The molecule has 1 N–H and O–H groups in total. The Morgan fingerprint density at radius 2 is 1.83 bits per heavy atom. The van der Waals surface area contributed by atoms with Crippen LogP contribution in [-0.4, -0.2) is 40.2 Å². The number of hydrogen-bond acceptors (Lipinski definition) is 6. The van der Waals surface area contributed by atoms with Crippen LogP contribution in [0.4, 0.5) is 17.6 Å². The third kappa shape index (κ3) is 4.45. The lowest BCUT2D eigenvalue weighted by Crippen LogP contribution is -2.42. The summed E-state index contributed by atoms with van der Waals surface area (Å²) in [4.78, 5) is 11.9. The van der Waals surface area contributed by atoms with Crippen LogP contribution in [0.2, 0.25) is 0 Å². The molecule has 35 heavy (non-hydrogen) atoms. The molecule has 4 rings (SSSR count). The fourth-order valence-corrected chi connectivity index (χ4v) is 4.61. The highest BCUT2D eigenvalue weighted by atomic mass is 32.2. The Morgan fingerprint density at radius 1 is 1.14 bits per heavy atom. The van der Waals surface area contributed by atoms with E-state index in [-0.39, 0.29) is 28.4 Å². The number of aryl methyl sites for hydroxylation is 1. The maximum atomic E-state index is 14.5. The first-order chi connectivity index (χ1) is 16.4. The summed E-state index contributed by atoms with van der Waals surface area (Å²) in [6.45, 7) is 2.22. The zero-order valence-corrected chi connectivity index (χ0v) is 19.0. The highest BCUT2D eigenvalue weighted by Crippen LogP contribution is 2.36. The predicted molar refractivity (Wildman–Crippen MR) is 117 cm³/mol. The van der Waals surface area contributed by atoms with Gasteiger partial charge in [0.05, 0.1) is 22.5 Å². The third-order valence-corrected chi connectivity index (χ3v) is 6.75. The Bertz CT molecular complexity index is 1560. The summed E-state index contributed by atoms with van der Waals surface area (Å²) in [7, 11) is -4.53. The number of nitriles is 1. The number of benzene rings is 1. The van der Waals surface area contributed by atoms with Crippen molar-refractivity contribution in [2.45, 2.75) is 31.0 Å². The number of sulfonamides is 1. The molecule has 4 aromatic rings. The van der Waals surface area contributed by atoms with Crippen molar-refractivity contribution in [2.24, 2.45) is 0 Å². The van der Waals surface area contributed by atoms with E-state index in [1.54, 1.807) is 17.7 Å². The Kier molecular flexibility index (Phi) is 6.04. The molecule has 3 heterocycles. The van der Waals surface area contributed by atoms with Crippen LogP contribution in [0.5, 0.6) is 0 Å². The molecular weight excluding hydrogens is 488 g/mol. The Labute approximate surface area is 196 Å². The molecule has 0 aliphatic rings. The Balaban J connectivity index is 1.90. The molecule has 0 bridgehead atoms. The van der Waals surface area contributed by atoms with Gasteiger partial charge in [-0.1, -0.05) is 0 Å². The molecule has 3 aromatic heterocycles. The van der Waals surface area contributed by atoms with Gasteiger partial charge in [0.1, 0.15) is 22.8 Å². The van der Waals surface area contributed by atoms with E-state index in [2.05, 4.69) is 21.0 Å². The summed E-state index contributed by atoms with van der Waals surface area (Å²) in [6, 6.07) is 6.35. The number of halogens is 4. The molecule has 1 unspecified atom stereocenters. The van der Waals surface area contributed by atoms with E-state index in [9.17, 15) is 31.2 Å². The normalized spacial score (nSPS) is 13.1. The van der Waals surface area contributed by atoms with Crippen molar-refractivity contribution >= 4 is 20.9 Å². The fourth-order valence-electron chi connectivity index (χ4n) is 3.43. The van der Waals surface area contributed by atoms with Gasteiger partial charge >= 0.3 is 6.18 Å². The zero-order chi connectivity index (χ0) is 25.5. The third-order valence-electron chi connectivity index (χ3n) is 5.22. The van der Waals surface area contributed by atoms with Crippen molar-refractivity contribution in [3.63, 3.8) is 0 Å². The van der Waals surface area contributed by atoms with Crippen molar-refractivity contribution in [1.29, 1.82) is 5.26 Å². The summed E-state index contributed by atoms with van der Waals surface area (Å²) in [5, 5.41) is 10.3. The average molecular weight is 504 g/mol. The van der Waals surface area contributed by atoms with E-state index >= 15 is 0 Å². The van der Waals surface area contributed by atoms with Gasteiger partial charge in [-0.3, -0.25) is 9.55 Å². The summed E-state index contributed by atoms with van der Waals surface area (Å²) < 4.78 is 80.7. The number of hydrogen-bond donors (Lipinski definition) is 1. The summed E-state index contributed by atoms with van der Waals surface area (Å²) in [6.07, 6.45) is -0.996. The first-order valence-corrected chi connectivity index (χ1v) is 11.5. The lowest BCUT2D eigenvalue weighted by Gasteiger charge is -2.17. The van der Waals surface area contributed by atoms with Gasteiger partial charge in [0, 0.05) is 24.0 Å². The van der Waals surface area contributed by atoms with Gasteiger partial charge < -0.3 is 0 Å². The number of nitrogens with zero attached hydrogens (tertiary/aromatic N) is 5. The van der Waals surface area contributed by atoms with E-state index in [0.717, 1.165) is 12.3 Å². The summed E-state index contributed by atoms with van der Waals surface area (Å²) >= 11 is 0. The van der Waals surface area contributed by atoms with Crippen LogP contribution < -0.4 is 4.72 Å². The lowest BCUT2D eigenvalue weighted by atomic mass is 10.1. The standard InChI is InChI=1S/C22H16F4N6O2S/c1-12-8-15-16(10-27)20(32(19(15)9-17(12)23)21-28-6-3-7-29-21)18-5-4-14(11-30-18)35(33,34)31-13(2)22(24,25)26/h3-9,11,13,31H,1-2H3. The van der Waals surface area contributed by atoms with Gasteiger partial charge in [0.25, 0.3) is 0 Å². The molecule has 0 aliphatic heterocycles. The topological polar surface area (TPSA) is 114 Å². The van der Waals surface area contributed by atoms with Crippen molar-refractivity contribution in [3.8, 4) is 23.4 Å². The van der Waals surface area contributed by atoms with Crippen LogP contribution in [0.15, 0.2) is 53.8 Å². The quantitative estimate of drug-likeness (QED) is 0.411. The van der Waals surface area contributed by atoms with E-state index in [4.69, 9.17) is 0 Å². The first kappa shape index (κ1) is 24.2. The van der Waals surface area contributed by atoms with Crippen LogP contribution in [0, 0.1) is 24.1 Å². The van der Waals surface area contributed by atoms with Crippen molar-refractivity contribution < 1.29 is 26.0 Å². The van der Waals surface area contributed by atoms with Crippen LogP contribution in [0.1, 0.15) is 18.1 Å². The Hall–Kier alpha value is -3.89. The maximum Gasteiger partial charge on any atom is 0.404 e. The van der Waals surface area contributed by atoms with Crippen molar-refractivity contribution in [1.82, 2.24) is 24.2 Å². The number of aromatic nitrogens is 4. The molecule has 180 valence electrons. The zero-order valence-electron chi connectivity index (χ0n) is 18.2. The van der Waals surface area contributed by atoms with E-state index in [1.165, 1.54) is 35.2 Å². The molecule has 1 aromatic carbocycles. The minimum Gasteiger partial charge on any atom is -0.275 e. The SMILES string of the molecule is Cc1cc2c(C#N)c(-c3ccc(S(=O)(=O)NC(C)C(F)(F)F)cn3)n(-c3ncccn3)c2cc1F. The van der Waals surface area contributed by atoms with Gasteiger partial charge in [0.2, 0.25) is 16.0 Å². The average Bonchev–Trinajstić information content (AvgIpc) is 3.12. The van der Waals surface area contributed by atoms with Crippen molar-refractivity contribution in [2.75, 3.05) is 0 Å². The number of fused-ring (bicyclic) bond motifs is 1. The smallest absolute Gasteiger partial charge is 0.275 e. The van der Waals surface area contributed by atoms with Crippen LogP contribution in [0.3, 0.4) is 0 Å². The molecule has 0 saturated heterocycles. The molecule has 0 amide bonds. The molecule has 0 radical (unpaired) electrons. The highest BCUT2D eigenvalue weighted by Gasteiger charge is 2.39. The van der Waals surface area contributed by atoms with Gasteiger partial charge in [-0.15, -0.1) is 0 Å². The second kappa shape index (κ2) is 8.71. The van der Waals surface area contributed by atoms with Crippen LogP contribution in [-0.2, 0) is 10.0 Å². The second-order valence-electron chi connectivity index (χ2n) is 7.60. The maximum absolute atomic E-state index is 14.5. The Morgan fingerprint density at radius 3 is 2.40 bits per heavy atom. The minimum absolute atomic E-state index is 0.103. The second-order valence-corrected chi connectivity index (χ2v) is 9.32. The number of rotatable bonds is 5. The number of alkyl halides is 3. The monoisotopic (exact) mass is 504 g/mol. The van der Waals surface area contributed by atoms with Gasteiger partial charge in [-0.25, -0.2) is 22.8 Å². The molecule has 0 saturated carbocycles. The molecule has 0 aliphatic carbocycles. The van der Waals surface area contributed by atoms with Gasteiger partial charge in [-0.2, -0.15) is 23.2 Å². The lowest BCUT2D eigenvalue weighted by molar-refractivity contribution is -0.147. The van der Waals surface area contributed by atoms with E-state index in [0.29, 0.717) is 17.9 Å². The largest absolute Gasteiger partial charge is 0.404 e. The van der Waals surface area contributed by atoms with Crippen molar-refractivity contribution in [3.05, 3.63) is 65.9 Å². The molecule has 0 fully saturated rings. The minimum atomic E-state index is -4.77. The molecule has 0 spiro atoms. The molecule has 13 heteroatoms. The van der Waals surface area contributed by atoms with Crippen LogP contribution >= 0.6 is 0 Å². The van der Waals surface area contributed by atoms with E-state index in [1.807, 2.05) is 0 Å². The summed E-state index contributed by atoms with van der Waals surface area (Å²) in [5.41, 5.74) is 0.962. The van der Waals surface area contributed by atoms with Crippen LogP contribution in [0.25, 0.3) is 28.2 Å². The highest BCUT2D eigenvalue weighted by molar-refractivity contribution is 7.89. The molecule has 8 nitrogen and oxygen atoms in total. The predicted octanol–water partition coefficient (Wildman–Crippen LogP) is 4.03.